The molecular formula is C13H15N3O4. The third-order valence-electron chi connectivity index (χ3n) is 3.15. The molecule has 20 heavy (non-hydrogen) atoms. The number of likely N-dealkylation sites (N-methyl/N-ethyl adjacent to an activating group) is 1. The van der Waals surface area contributed by atoms with Crippen molar-refractivity contribution in [1.82, 2.24) is 10.6 Å². The van der Waals surface area contributed by atoms with Gasteiger partial charge in [-0.25, -0.2) is 9.59 Å². The number of nitrogens with zero attached hydrogens (tertiary/aromatic N) is 1. The summed E-state index contributed by atoms with van der Waals surface area (Å²) in [6.45, 7) is 0.381. The molecule has 106 valence electrons. The molecule has 1 aromatic carbocycles. The van der Waals surface area contributed by atoms with E-state index in [1.165, 1.54) is 18.0 Å². The van der Waals surface area contributed by atoms with Gasteiger partial charge in [-0.1, -0.05) is 0 Å². The third-order valence-corrected chi connectivity index (χ3v) is 3.15. The Hall–Kier alpha value is -2.57. The molecule has 1 aliphatic heterocycles. The lowest BCUT2D eigenvalue weighted by Crippen LogP contribution is -2.43. The number of carbonyl (C=O) groups is 3. The number of benzene rings is 1. The second kappa shape index (κ2) is 5.60. The summed E-state index contributed by atoms with van der Waals surface area (Å²) in [5, 5.41) is 13.9. The Kier molecular flexibility index (Phi) is 3.88. The van der Waals surface area contributed by atoms with Crippen molar-refractivity contribution >= 4 is 23.6 Å². The van der Waals surface area contributed by atoms with Crippen LogP contribution in [0.5, 0.6) is 0 Å². The van der Waals surface area contributed by atoms with Crippen molar-refractivity contribution in [2.75, 3.05) is 25.0 Å². The van der Waals surface area contributed by atoms with E-state index in [0.29, 0.717) is 18.7 Å². The maximum atomic E-state index is 12.0. The number of carboxylic acids is 1. The normalized spacial score (nSPS) is 12.8. The van der Waals surface area contributed by atoms with Gasteiger partial charge in [0.2, 0.25) is 5.91 Å². The summed E-state index contributed by atoms with van der Waals surface area (Å²) in [5.74, 6) is -1.27. The number of hydrogen-bond donors (Lipinski definition) is 3. The molecule has 0 saturated heterocycles. The highest BCUT2D eigenvalue weighted by Crippen LogP contribution is 2.28. The number of hydrogen-bond acceptors (Lipinski definition) is 3. The predicted octanol–water partition coefficient (Wildman–Crippen LogP) is 0.203. The molecule has 0 spiro atoms. The standard InChI is InChI=1S/C13H15N3O4/c1-14-11(17)7-15-13(20)16-5-4-8-6-9(12(18)19)2-3-10(8)16/h2-3,6H,4-5,7H2,1H3,(H,14,17)(H,15,20)(H,18,19). The Morgan fingerprint density at radius 2 is 2.10 bits per heavy atom. The third kappa shape index (κ3) is 2.71. The van der Waals surface area contributed by atoms with Crippen molar-refractivity contribution in [3.8, 4) is 0 Å². The summed E-state index contributed by atoms with van der Waals surface area (Å²) in [7, 11) is 1.49. The molecule has 1 aromatic rings. The van der Waals surface area contributed by atoms with Crippen molar-refractivity contribution < 1.29 is 19.5 Å². The van der Waals surface area contributed by atoms with Gasteiger partial charge in [0.25, 0.3) is 0 Å². The molecule has 1 aliphatic rings. The average molecular weight is 277 g/mol. The zero-order valence-electron chi connectivity index (χ0n) is 11.0. The number of rotatable bonds is 3. The first kappa shape index (κ1) is 13.9. The Balaban J connectivity index is 2.10. The fourth-order valence-electron chi connectivity index (χ4n) is 2.09. The van der Waals surface area contributed by atoms with Crippen molar-refractivity contribution in [1.29, 1.82) is 0 Å². The van der Waals surface area contributed by atoms with Gasteiger partial charge < -0.3 is 15.7 Å². The fraction of sp³-hybridized carbons (Fsp3) is 0.308. The van der Waals surface area contributed by atoms with E-state index in [0.717, 1.165) is 5.56 Å². The van der Waals surface area contributed by atoms with E-state index in [2.05, 4.69) is 10.6 Å². The van der Waals surface area contributed by atoms with Gasteiger partial charge in [0.15, 0.2) is 0 Å². The van der Waals surface area contributed by atoms with E-state index >= 15 is 0 Å². The number of carboxylic acid groups (broad SMARTS) is 1. The maximum absolute atomic E-state index is 12.0. The minimum absolute atomic E-state index is 0.0889. The van der Waals surface area contributed by atoms with Crippen LogP contribution in [0.1, 0.15) is 15.9 Å². The van der Waals surface area contributed by atoms with E-state index < -0.39 is 5.97 Å². The number of aromatic carboxylic acids is 1. The molecule has 0 fully saturated rings. The van der Waals surface area contributed by atoms with Crippen LogP contribution in [0.25, 0.3) is 0 Å². The minimum atomic E-state index is -0.990. The molecule has 0 aliphatic carbocycles. The molecule has 2 rings (SSSR count). The van der Waals surface area contributed by atoms with Crippen LogP contribution in [-0.4, -0.2) is 43.2 Å². The van der Waals surface area contributed by atoms with Gasteiger partial charge >= 0.3 is 12.0 Å². The summed E-state index contributed by atoms with van der Waals surface area (Å²) < 4.78 is 0. The molecule has 7 heteroatoms. The average Bonchev–Trinajstić information content (AvgIpc) is 2.87. The molecular weight excluding hydrogens is 262 g/mol. The van der Waals surface area contributed by atoms with E-state index in [1.807, 2.05) is 0 Å². The highest BCUT2D eigenvalue weighted by Gasteiger charge is 2.25. The highest BCUT2D eigenvalue weighted by molar-refractivity contribution is 5.97. The van der Waals surface area contributed by atoms with Crippen LogP contribution in [0.15, 0.2) is 18.2 Å². The zero-order chi connectivity index (χ0) is 14.7. The number of amides is 3. The molecule has 0 unspecified atom stereocenters. The second-order valence-electron chi connectivity index (χ2n) is 4.38. The van der Waals surface area contributed by atoms with E-state index in [-0.39, 0.29) is 24.0 Å². The Bertz CT molecular complexity index is 571. The van der Waals surface area contributed by atoms with Crippen LogP contribution in [0.4, 0.5) is 10.5 Å². The van der Waals surface area contributed by atoms with Crippen LogP contribution in [0.3, 0.4) is 0 Å². The first-order chi connectivity index (χ1) is 9.52. The SMILES string of the molecule is CNC(=O)CNC(=O)N1CCc2cc(C(=O)O)ccc21. The molecule has 0 aromatic heterocycles. The molecule has 3 amide bonds. The van der Waals surface area contributed by atoms with E-state index in [9.17, 15) is 14.4 Å². The number of carbonyl (C=O) groups excluding carboxylic acids is 2. The molecule has 7 nitrogen and oxygen atoms in total. The van der Waals surface area contributed by atoms with Gasteiger partial charge in [-0.3, -0.25) is 9.69 Å². The Morgan fingerprint density at radius 3 is 2.75 bits per heavy atom. The van der Waals surface area contributed by atoms with Crippen molar-refractivity contribution in [3.63, 3.8) is 0 Å². The zero-order valence-corrected chi connectivity index (χ0v) is 11.0. The van der Waals surface area contributed by atoms with Crippen LogP contribution in [-0.2, 0) is 11.2 Å². The quantitative estimate of drug-likeness (QED) is 0.735. The van der Waals surface area contributed by atoms with Gasteiger partial charge in [-0.05, 0) is 30.2 Å². The van der Waals surface area contributed by atoms with E-state index in [1.54, 1.807) is 12.1 Å². The number of anilines is 1. The Labute approximate surface area is 115 Å². The van der Waals surface area contributed by atoms with Gasteiger partial charge in [-0.2, -0.15) is 0 Å². The summed E-state index contributed by atoms with van der Waals surface area (Å²) in [4.78, 5) is 35.4. The molecule has 0 saturated carbocycles. The summed E-state index contributed by atoms with van der Waals surface area (Å²) in [6.07, 6.45) is 0.601. The Morgan fingerprint density at radius 1 is 1.35 bits per heavy atom. The van der Waals surface area contributed by atoms with Crippen LogP contribution < -0.4 is 15.5 Å². The van der Waals surface area contributed by atoms with Crippen molar-refractivity contribution in [2.45, 2.75) is 6.42 Å². The topological polar surface area (TPSA) is 98.7 Å². The number of nitrogens with one attached hydrogen (secondary N) is 2. The lowest BCUT2D eigenvalue weighted by molar-refractivity contribution is -0.119. The second-order valence-corrected chi connectivity index (χ2v) is 4.38. The number of urea groups is 1. The summed E-state index contributed by atoms with van der Waals surface area (Å²) >= 11 is 0. The molecule has 0 atom stereocenters. The van der Waals surface area contributed by atoms with Crippen molar-refractivity contribution in [3.05, 3.63) is 29.3 Å². The van der Waals surface area contributed by atoms with Crippen LogP contribution in [0, 0.1) is 0 Å². The van der Waals surface area contributed by atoms with Gasteiger partial charge in [0.05, 0.1) is 12.1 Å². The fourth-order valence-corrected chi connectivity index (χ4v) is 2.09. The molecule has 3 N–H and O–H groups in total. The molecule has 1 heterocycles. The van der Waals surface area contributed by atoms with Crippen LogP contribution in [0.2, 0.25) is 0 Å². The lowest BCUT2D eigenvalue weighted by atomic mass is 10.1. The number of fused-ring (bicyclic) bond motifs is 1. The predicted molar refractivity (Wildman–Crippen MR) is 71.9 cm³/mol. The summed E-state index contributed by atoms with van der Waals surface area (Å²) in [6, 6.07) is 4.29. The smallest absolute Gasteiger partial charge is 0.335 e. The monoisotopic (exact) mass is 277 g/mol. The molecule has 0 radical (unpaired) electrons. The molecule has 0 bridgehead atoms. The van der Waals surface area contributed by atoms with E-state index in [4.69, 9.17) is 5.11 Å². The first-order valence-electron chi connectivity index (χ1n) is 6.15. The highest BCUT2D eigenvalue weighted by atomic mass is 16.4. The summed E-state index contributed by atoms with van der Waals surface area (Å²) in [5.41, 5.74) is 1.71. The van der Waals surface area contributed by atoms with Gasteiger partial charge in [0.1, 0.15) is 0 Å². The van der Waals surface area contributed by atoms with Gasteiger partial charge in [0, 0.05) is 19.3 Å². The first-order valence-corrected chi connectivity index (χ1v) is 6.15. The van der Waals surface area contributed by atoms with Crippen molar-refractivity contribution in [2.24, 2.45) is 0 Å². The largest absolute Gasteiger partial charge is 0.478 e. The van der Waals surface area contributed by atoms with Gasteiger partial charge in [-0.15, -0.1) is 0 Å². The lowest BCUT2D eigenvalue weighted by Gasteiger charge is -2.17. The van der Waals surface area contributed by atoms with Crippen LogP contribution >= 0.6 is 0 Å². The maximum Gasteiger partial charge on any atom is 0.335 e. The minimum Gasteiger partial charge on any atom is -0.478 e.